The molecule has 6 nitrogen and oxygen atoms in total. The maximum atomic E-state index is 12.7. The van der Waals surface area contributed by atoms with Gasteiger partial charge < -0.3 is 14.0 Å². The molecule has 0 bridgehead atoms. The van der Waals surface area contributed by atoms with Crippen LogP contribution in [0.15, 0.2) is 114 Å². The number of ether oxygens (including phenoxy) is 2. The Hall–Kier alpha value is -4.81. The molecule has 5 aromatic rings. The smallest absolute Gasteiger partial charge is 0.271 e. The van der Waals surface area contributed by atoms with E-state index in [1.54, 1.807) is 31.5 Å². The van der Waals surface area contributed by atoms with E-state index in [9.17, 15) is 4.79 Å². The van der Waals surface area contributed by atoms with Crippen molar-refractivity contribution in [1.82, 2.24) is 9.99 Å². The zero-order chi connectivity index (χ0) is 27.9. The third-order valence-corrected chi connectivity index (χ3v) is 6.66. The standard InChI is InChI=1S/C33H28ClN3O3/c1-23-8-18-30(26-6-4-3-5-7-26)37(23)29-16-12-27(13-17-29)33(38)36-35-21-25-11-19-31(32(20-25)39-2)40-22-24-9-14-28(34)15-10-24/h3-21H,22H2,1-2H3,(H,36,38)/b35-21+. The van der Waals surface area contributed by atoms with Crippen molar-refractivity contribution in [2.45, 2.75) is 13.5 Å². The number of hydrazone groups is 1. The first-order chi connectivity index (χ1) is 19.5. The average molecular weight is 550 g/mol. The van der Waals surface area contributed by atoms with Crippen molar-refractivity contribution in [3.8, 4) is 28.4 Å². The summed E-state index contributed by atoms with van der Waals surface area (Å²) in [5.41, 5.74) is 9.16. The molecule has 7 heteroatoms. The number of carbonyl (C=O) groups is 1. The van der Waals surface area contributed by atoms with Crippen molar-refractivity contribution >= 4 is 23.7 Å². The lowest BCUT2D eigenvalue weighted by molar-refractivity contribution is 0.0955. The highest BCUT2D eigenvalue weighted by molar-refractivity contribution is 6.30. The molecule has 0 radical (unpaired) electrons. The Morgan fingerprint density at radius 3 is 2.38 bits per heavy atom. The van der Waals surface area contributed by atoms with Gasteiger partial charge >= 0.3 is 0 Å². The molecule has 0 spiro atoms. The SMILES string of the molecule is COc1cc(/C=N/NC(=O)c2ccc(-n3c(C)ccc3-c3ccccc3)cc2)ccc1OCc1ccc(Cl)cc1. The van der Waals surface area contributed by atoms with E-state index in [4.69, 9.17) is 21.1 Å². The topological polar surface area (TPSA) is 64.8 Å². The summed E-state index contributed by atoms with van der Waals surface area (Å²) in [6.45, 7) is 2.45. The summed E-state index contributed by atoms with van der Waals surface area (Å²) in [6, 6.07) is 34.8. The van der Waals surface area contributed by atoms with E-state index in [-0.39, 0.29) is 5.91 Å². The number of amides is 1. The molecular weight excluding hydrogens is 522 g/mol. The van der Waals surface area contributed by atoms with Crippen LogP contribution in [0.25, 0.3) is 16.9 Å². The summed E-state index contributed by atoms with van der Waals surface area (Å²) < 4.78 is 13.6. The quantitative estimate of drug-likeness (QED) is 0.153. The Kier molecular flexibility index (Phi) is 8.28. The first kappa shape index (κ1) is 26.8. The van der Waals surface area contributed by atoms with Crippen LogP contribution < -0.4 is 14.9 Å². The molecule has 0 aliphatic rings. The van der Waals surface area contributed by atoms with Gasteiger partial charge in [-0.1, -0.05) is 54.1 Å². The molecule has 1 heterocycles. The Balaban J connectivity index is 1.22. The van der Waals surface area contributed by atoms with Crippen LogP contribution in [0.1, 0.15) is 27.2 Å². The van der Waals surface area contributed by atoms with Crippen LogP contribution in [0.4, 0.5) is 0 Å². The number of carbonyl (C=O) groups excluding carboxylic acids is 1. The number of aromatic nitrogens is 1. The van der Waals surface area contributed by atoms with E-state index in [0.717, 1.165) is 33.8 Å². The maximum Gasteiger partial charge on any atom is 0.271 e. The lowest BCUT2D eigenvalue weighted by Gasteiger charge is -2.13. The molecule has 0 aliphatic heterocycles. The van der Waals surface area contributed by atoms with Gasteiger partial charge in [0.05, 0.1) is 19.0 Å². The molecule has 0 unspecified atom stereocenters. The Morgan fingerprint density at radius 2 is 1.65 bits per heavy atom. The molecule has 0 saturated heterocycles. The second-order valence-electron chi connectivity index (χ2n) is 9.13. The van der Waals surface area contributed by atoms with Crippen LogP contribution in [0, 0.1) is 6.92 Å². The third-order valence-electron chi connectivity index (χ3n) is 6.41. The number of nitrogens with one attached hydrogen (secondary N) is 1. The molecule has 200 valence electrons. The van der Waals surface area contributed by atoms with Crippen molar-refractivity contribution in [3.63, 3.8) is 0 Å². The first-order valence-corrected chi connectivity index (χ1v) is 13.1. The zero-order valence-electron chi connectivity index (χ0n) is 22.2. The summed E-state index contributed by atoms with van der Waals surface area (Å²) in [5.74, 6) is 0.868. The van der Waals surface area contributed by atoms with Crippen LogP contribution in [0.5, 0.6) is 11.5 Å². The van der Waals surface area contributed by atoms with E-state index in [1.165, 1.54) is 0 Å². The van der Waals surface area contributed by atoms with E-state index in [1.807, 2.05) is 66.7 Å². The van der Waals surface area contributed by atoms with Crippen molar-refractivity contribution in [2.24, 2.45) is 5.10 Å². The van der Waals surface area contributed by atoms with Gasteiger partial charge in [-0.25, -0.2) is 5.43 Å². The second-order valence-corrected chi connectivity index (χ2v) is 9.57. The molecule has 0 atom stereocenters. The maximum absolute atomic E-state index is 12.7. The average Bonchev–Trinajstić information content (AvgIpc) is 3.38. The fourth-order valence-corrected chi connectivity index (χ4v) is 4.46. The van der Waals surface area contributed by atoms with Gasteiger partial charge in [-0.2, -0.15) is 5.10 Å². The number of rotatable bonds is 9. The van der Waals surface area contributed by atoms with Crippen molar-refractivity contribution in [1.29, 1.82) is 0 Å². The predicted octanol–water partition coefficient (Wildman–Crippen LogP) is 7.46. The Morgan fingerprint density at radius 1 is 0.900 bits per heavy atom. The predicted molar refractivity (Wildman–Crippen MR) is 160 cm³/mol. The molecular formula is C33H28ClN3O3. The fourth-order valence-electron chi connectivity index (χ4n) is 4.33. The van der Waals surface area contributed by atoms with E-state index in [0.29, 0.717) is 28.7 Å². The third kappa shape index (κ3) is 6.25. The minimum atomic E-state index is -0.301. The normalized spacial score (nSPS) is 11.0. The van der Waals surface area contributed by atoms with Gasteiger partial charge in [-0.05, 0) is 90.3 Å². The van der Waals surface area contributed by atoms with Crippen LogP contribution in [-0.2, 0) is 6.61 Å². The number of hydrogen-bond acceptors (Lipinski definition) is 4. The molecule has 0 aliphatic carbocycles. The zero-order valence-corrected chi connectivity index (χ0v) is 22.9. The highest BCUT2D eigenvalue weighted by atomic mass is 35.5. The van der Waals surface area contributed by atoms with Gasteiger partial charge in [0.15, 0.2) is 11.5 Å². The van der Waals surface area contributed by atoms with Gasteiger partial charge in [-0.15, -0.1) is 0 Å². The van der Waals surface area contributed by atoms with Crippen molar-refractivity contribution in [2.75, 3.05) is 7.11 Å². The van der Waals surface area contributed by atoms with Crippen LogP contribution in [0.3, 0.4) is 0 Å². The highest BCUT2D eigenvalue weighted by Crippen LogP contribution is 2.29. The molecule has 0 fully saturated rings. The molecule has 1 N–H and O–H groups in total. The minimum Gasteiger partial charge on any atom is -0.493 e. The summed E-state index contributed by atoms with van der Waals surface area (Å²) in [5, 5.41) is 4.81. The number of aryl methyl sites for hydroxylation is 1. The lowest BCUT2D eigenvalue weighted by Crippen LogP contribution is -2.17. The van der Waals surface area contributed by atoms with Crippen molar-refractivity contribution < 1.29 is 14.3 Å². The second kappa shape index (κ2) is 12.4. The van der Waals surface area contributed by atoms with Crippen LogP contribution in [0.2, 0.25) is 5.02 Å². The number of benzene rings is 4. The lowest BCUT2D eigenvalue weighted by atomic mass is 10.1. The molecule has 0 saturated carbocycles. The monoisotopic (exact) mass is 549 g/mol. The van der Waals surface area contributed by atoms with Crippen LogP contribution in [-0.4, -0.2) is 23.8 Å². The minimum absolute atomic E-state index is 0.301. The van der Waals surface area contributed by atoms with Gasteiger partial charge in [0.1, 0.15) is 6.61 Å². The first-order valence-electron chi connectivity index (χ1n) is 12.7. The summed E-state index contributed by atoms with van der Waals surface area (Å²) in [6.07, 6.45) is 1.56. The highest BCUT2D eigenvalue weighted by Gasteiger charge is 2.11. The van der Waals surface area contributed by atoms with E-state index >= 15 is 0 Å². The number of hydrogen-bond donors (Lipinski definition) is 1. The Labute approximate surface area is 238 Å². The largest absolute Gasteiger partial charge is 0.493 e. The molecule has 1 amide bonds. The fraction of sp³-hybridized carbons (Fsp3) is 0.0909. The van der Waals surface area contributed by atoms with Gasteiger partial charge in [0.2, 0.25) is 0 Å². The molecule has 5 rings (SSSR count). The van der Waals surface area contributed by atoms with E-state index < -0.39 is 0 Å². The van der Waals surface area contributed by atoms with E-state index in [2.05, 4.69) is 46.3 Å². The number of methoxy groups -OCH3 is 1. The summed E-state index contributed by atoms with van der Waals surface area (Å²) in [7, 11) is 1.58. The summed E-state index contributed by atoms with van der Waals surface area (Å²) in [4.78, 5) is 12.7. The molecule has 40 heavy (non-hydrogen) atoms. The van der Waals surface area contributed by atoms with Crippen LogP contribution >= 0.6 is 11.6 Å². The molecule has 4 aromatic carbocycles. The van der Waals surface area contributed by atoms with Gasteiger partial charge in [-0.3, -0.25) is 4.79 Å². The Bertz CT molecular complexity index is 1630. The summed E-state index contributed by atoms with van der Waals surface area (Å²) >= 11 is 5.94. The van der Waals surface area contributed by atoms with Crippen molar-refractivity contribution in [3.05, 3.63) is 137 Å². The van der Waals surface area contributed by atoms with Gasteiger partial charge in [0.25, 0.3) is 5.91 Å². The number of halogens is 1. The molecule has 1 aromatic heterocycles. The number of nitrogens with zero attached hydrogens (tertiary/aromatic N) is 2. The van der Waals surface area contributed by atoms with Gasteiger partial charge in [0, 0.05) is 22.0 Å².